The summed E-state index contributed by atoms with van der Waals surface area (Å²) >= 11 is 0. The highest BCUT2D eigenvalue weighted by molar-refractivity contribution is 5.87. The molecular formula is C18H16N2O2. The van der Waals surface area contributed by atoms with Gasteiger partial charge in [0, 0.05) is 18.0 Å². The van der Waals surface area contributed by atoms with Crippen molar-refractivity contribution >= 4 is 10.9 Å². The van der Waals surface area contributed by atoms with Crippen molar-refractivity contribution in [2.45, 2.75) is 6.61 Å². The number of aryl methyl sites for hydroxylation is 1. The quantitative estimate of drug-likeness (QED) is 0.737. The maximum atomic E-state index is 9.46. The van der Waals surface area contributed by atoms with Gasteiger partial charge in [0.25, 0.3) is 0 Å². The Balaban J connectivity index is 1.90. The topological polar surface area (TPSA) is 47.2 Å². The SMILES string of the molecule is COc1ccc(OCc2c(C#N)c3ccccc3n2C)cc1. The zero-order chi connectivity index (χ0) is 15.5. The molecule has 4 heteroatoms. The molecule has 3 aromatic rings. The van der Waals surface area contributed by atoms with Crippen LogP contribution in [0.1, 0.15) is 11.3 Å². The molecule has 1 aromatic heterocycles. The van der Waals surface area contributed by atoms with Gasteiger partial charge in [-0.25, -0.2) is 0 Å². The van der Waals surface area contributed by atoms with Gasteiger partial charge >= 0.3 is 0 Å². The molecule has 1 heterocycles. The molecule has 0 spiro atoms. The molecule has 0 saturated heterocycles. The van der Waals surface area contributed by atoms with Crippen LogP contribution in [-0.4, -0.2) is 11.7 Å². The van der Waals surface area contributed by atoms with Crippen molar-refractivity contribution < 1.29 is 9.47 Å². The fourth-order valence-corrected chi connectivity index (χ4v) is 2.56. The smallest absolute Gasteiger partial charge is 0.130 e. The third kappa shape index (κ3) is 2.38. The molecule has 0 aliphatic rings. The lowest BCUT2D eigenvalue weighted by atomic mass is 10.1. The average Bonchev–Trinajstić information content (AvgIpc) is 2.85. The van der Waals surface area contributed by atoms with Crippen molar-refractivity contribution in [2.75, 3.05) is 7.11 Å². The van der Waals surface area contributed by atoms with Crippen molar-refractivity contribution in [3.8, 4) is 17.6 Å². The van der Waals surface area contributed by atoms with Gasteiger partial charge in [-0.15, -0.1) is 0 Å². The summed E-state index contributed by atoms with van der Waals surface area (Å²) in [7, 11) is 3.58. The highest BCUT2D eigenvalue weighted by atomic mass is 16.5. The lowest BCUT2D eigenvalue weighted by Gasteiger charge is -2.09. The van der Waals surface area contributed by atoms with Crippen LogP contribution in [0.15, 0.2) is 48.5 Å². The van der Waals surface area contributed by atoms with E-state index in [-0.39, 0.29) is 0 Å². The molecule has 0 N–H and O–H groups in total. The zero-order valence-corrected chi connectivity index (χ0v) is 12.5. The van der Waals surface area contributed by atoms with Gasteiger partial charge in [-0.05, 0) is 30.3 Å². The highest BCUT2D eigenvalue weighted by Crippen LogP contribution is 2.26. The molecule has 0 bridgehead atoms. The third-order valence-corrected chi connectivity index (χ3v) is 3.77. The Kier molecular flexibility index (Phi) is 3.71. The van der Waals surface area contributed by atoms with Crippen molar-refractivity contribution in [2.24, 2.45) is 7.05 Å². The van der Waals surface area contributed by atoms with Gasteiger partial charge in [0.2, 0.25) is 0 Å². The van der Waals surface area contributed by atoms with E-state index in [0.717, 1.165) is 28.1 Å². The van der Waals surface area contributed by atoms with Crippen LogP contribution >= 0.6 is 0 Å². The number of aromatic nitrogens is 1. The summed E-state index contributed by atoms with van der Waals surface area (Å²) in [6, 6.07) is 17.6. The lowest BCUT2D eigenvalue weighted by Crippen LogP contribution is -2.03. The minimum Gasteiger partial charge on any atom is -0.497 e. The minimum absolute atomic E-state index is 0.348. The van der Waals surface area contributed by atoms with Crippen LogP contribution in [0.2, 0.25) is 0 Å². The fraction of sp³-hybridized carbons (Fsp3) is 0.167. The second-order valence-electron chi connectivity index (χ2n) is 4.97. The monoisotopic (exact) mass is 292 g/mol. The van der Waals surface area contributed by atoms with Crippen LogP contribution in [0.3, 0.4) is 0 Å². The summed E-state index contributed by atoms with van der Waals surface area (Å²) in [5, 5.41) is 10.4. The Morgan fingerprint density at radius 3 is 2.41 bits per heavy atom. The molecule has 0 fully saturated rings. The van der Waals surface area contributed by atoms with Crippen LogP contribution in [-0.2, 0) is 13.7 Å². The van der Waals surface area contributed by atoms with Gasteiger partial charge in [-0.1, -0.05) is 18.2 Å². The summed E-state index contributed by atoms with van der Waals surface area (Å²) in [6.07, 6.45) is 0. The molecule has 0 radical (unpaired) electrons. The Hall–Kier alpha value is -2.93. The van der Waals surface area contributed by atoms with Gasteiger partial charge < -0.3 is 14.0 Å². The number of hydrogen-bond acceptors (Lipinski definition) is 3. The predicted octanol–water partition coefficient (Wildman–Crippen LogP) is 3.64. The number of nitriles is 1. The van der Waals surface area contributed by atoms with Gasteiger partial charge in [0.15, 0.2) is 0 Å². The van der Waals surface area contributed by atoms with E-state index in [1.165, 1.54) is 0 Å². The first kappa shape index (κ1) is 14.0. The predicted molar refractivity (Wildman–Crippen MR) is 85.0 cm³/mol. The van der Waals surface area contributed by atoms with E-state index in [2.05, 4.69) is 6.07 Å². The summed E-state index contributed by atoms with van der Waals surface area (Å²) in [5.41, 5.74) is 2.58. The van der Waals surface area contributed by atoms with Gasteiger partial charge in [-0.2, -0.15) is 5.26 Å². The Morgan fingerprint density at radius 1 is 1.05 bits per heavy atom. The normalized spacial score (nSPS) is 10.4. The van der Waals surface area contributed by atoms with Crippen LogP contribution in [0.25, 0.3) is 10.9 Å². The summed E-state index contributed by atoms with van der Waals surface area (Å²) < 4.78 is 13.0. The summed E-state index contributed by atoms with van der Waals surface area (Å²) in [5.74, 6) is 1.53. The van der Waals surface area contributed by atoms with Gasteiger partial charge in [0.05, 0.1) is 18.4 Å². The Morgan fingerprint density at radius 2 is 1.73 bits per heavy atom. The van der Waals surface area contributed by atoms with Crippen molar-refractivity contribution in [1.29, 1.82) is 5.26 Å². The first-order chi connectivity index (χ1) is 10.7. The van der Waals surface area contributed by atoms with Gasteiger partial charge in [-0.3, -0.25) is 0 Å². The second-order valence-corrected chi connectivity index (χ2v) is 4.97. The number of rotatable bonds is 4. The third-order valence-electron chi connectivity index (χ3n) is 3.77. The Labute approximate surface area is 129 Å². The summed E-state index contributed by atoms with van der Waals surface area (Å²) in [6.45, 7) is 0.348. The van der Waals surface area contributed by atoms with Crippen LogP contribution < -0.4 is 9.47 Å². The molecule has 3 rings (SSSR count). The van der Waals surface area contributed by atoms with E-state index in [1.807, 2.05) is 60.1 Å². The first-order valence-electron chi connectivity index (χ1n) is 6.98. The van der Waals surface area contributed by atoms with Crippen molar-refractivity contribution in [3.63, 3.8) is 0 Å². The van der Waals surface area contributed by atoms with E-state index >= 15 is 0 Å². The van der Waals surface area contributed by atoms with E-state index in [0.29, 0.717) is 12.2 Å². The molecule has 4 nitrogen and oxygen atoms in total. The maximum Gasteiger partial charge on any atom is 0.130 e. The molecule has 0 atom stereocenters. The van der Waals surface area contributed by atoms with Crippen LogP contribution in [0.4, 0.5) is 0 Å². The molecule has 0 amide bonds. The standard InChI is InChI=1S/C18H16N2O2/c1-20-17-6-4-3-5-15(17)16(11-19)18(20)12-22-14-9-7-13(21-2)8-10-14/h3-10H,12H2,1-2H3. The molecule has 0 aliphatic heterocycles. The minimum atomic E-state index is 0.348. The first-order valence-corrected chi connectivity index (χ1v) is 6.98. The number of methoxy groups -OCH3 is 1. The van der Waals surface area contributed by atoms with Crippen molar-refractivity contribution in [3.05, 3.63) is 59.8 Å². The molecule has 0 saturated carbocycles. The molecule has 2 aromatic carbocycles. The average molecular weight is 292 g/mol. The highest BCUT2D eigenvalue weighted by Gasteiger charge is 2.14. The van der Waals surface area contributed by atoms with E-state index in [9.17, 15) is 5.26 Å². The lowest BCUT2D eigenvalue weighted by molar-refractivity contribution is 0.296. The van der Waals surface area contributed by atoms with Crippen LogP contribution in [0.5, 0.6) is 11.5 Å². The fourth-order valence-electron chi connectivity index (χ4n) is 2.56. The van der Waals surface area contributed by atoms with Gasteiger partial charge in [0.1, 0.15) is 24.2 Å². The van der Waals surface area contributed by atoms with E-state index in [1.54, 1.807) is 7.11 Å². The summed E-state index contributed by atoms with van der Waals surface area (Å²) in [4.78, 5) is 0. The van der Waals surface area contributed by atoms with Crippen molar-refractivity contribution in [1.82, 2.24) is 4.57 Å². The van der Waals surface area contributed by atoms with E-state index in [4.69, 9.17) is 9.47 Å². The number of fused-ring (bicyclic) bond motifs is 1. The molecule has 0 unspecified atom stereocenters. The second kappa shape index (κ2) is 5.82. The number of para-hydroxylation sites is 1. The number of ether oxygens (including phenoxy) is 2. The largest absolute Gasteiger partial charge is 0.497 e. The Bertz CT molecular complexity index is 842. The molecule has 22 heavy (non-hydrogen) atoms. The van der Waals surface area contributed by atoms with E-state index < -0.39 is 0 Å². The zero-order valence-electron chi connectivity index (χ0n) is 12.5. The number of nitrogens with zero attached hydrogens (tertiary/aromatic N) is 2. The number of benzene rings is 2. The number of hydrogen-bond donors (Lipinski definition) is 0. The molecule has 0 aliphatic carbocycles. The molecule has 110 valence electrons. The maximum absolute atomic E-state index is 9.46. The molecular weight excluding hydrogens is 276 g/mol. The van der Waals surface area contributed by atoms with Crippen LogP contribution in [0, 0.1) is 11.3 Å².